The number of benzene rings is 1. The number of hydrogen-bond acceptors (Lipinski definition) is 6. The third-order valence-electron chi connectivity index (χ3n) is 4.15. The third kappa shape index (κ3) is 4.61. The van der Waals surface area contributed by atoms with E-state index < -0.39 is 6.10 Å². The molecule has 0 aliphatic carbocycles. The largest absolute Gasteiger partial charge is 0.481 e. The second-order valence-electron chi connectivity index (χ2n) is 6.41. The Labute approximate surface area is 162 Å². The number of nitrogens with zero attached hydrogens (tertiary/aromatic N) is 5. The molecule has 1 aromatic carbocycles. The van der Waals surface area contributed by atoms with Crippen molar-refractivity contribution in [1.82, 2.24) is 29.9 Å². The van der Waals surface area contributed by atoms with Gasteiger partial charge in [-0.1, -0.05) is 12.1 Å². The minimum atomic E-state index is -0.660. The van der Waals surface area contributed by atoms with Crippen LogP contribution in [-0.4, -0.2) is 43.1 Å². The van der Waals surface area contributed by atoms with Gasteiger partial charge in [0.1, 0.15) is 18.4 Å². The van der Waals surface area contributed by atoms with E-state index in [0.29, 0.717) is 11.6 Å². The molecule has 0 aliphatic rings. The molecule has 0 aliphatic heterocycles. The first-order valence-electron chi connectivity index (χ1n) is 8.89. The van der Waals surface area contributed by atoms with Gasteiger partial charge in [0.2, 0.25) is 0 Å². The highest BCUT2D eigenvalue weighted by atomic mass is 16.5. The van der Waals surface area contributed by atoms with Crippen molar-refractivity contribution >= 4 is 5.91 Å². The standard InChI is InChI=1S/C19H22N6O3/c1-13-4-5-14(2)16(10-13)28-15(3)19(27)21-8-9-24-18(26)7-6-17(23-24)25-12-20-11-22-25/h4-7,10-12,15H,8-9H2,1-3H3,(H,21,27). The van der Waals surface area contributed by atoms with E-state index in [1.54, 1.807) is 13.0 Å². The molecule has 3 rings (SSSR count). The molecule has 9 heteroatoms. The maximum absolute atomic E-state index is 12.3. The summed E-state index contributed by atoms with van der Waals surface area (Å²) in [5.41, 5.74) is 1.76. The highest BCUT2D eigenvalue weighted by Gasteiger charge is 2.15. The average molecular weight is 382 g/mol. The van der Waals surface area contributed by atoms with Crippen LogP contribution >= 0.6 is 0 Å². The maximum Gasteiger partial charge on any atom is 0.266 e. The zero-order valence-corrected chi connectivity index (χ0v) is 16.0. The Bertz CT molecular complexity index is 1010. The fourth-order valence-corrected chi connectivity index (χ4v) is 2.55. The molecular weight excluding hydrogens is 360 g/mol. The van der Waals surface area contributed by atoms with Crippen LogP contribution in [0.2, 0.25) is 0 Å². The Morgan fingerprint density at radius 3 is 2.82 bits per heavy atom. The smallest absolute Gasteiger partial charge is 0.266 e. The van der Waals surface area contributed by atoms with Gasteiger partial charge in [-0.15, -0.1) is 5.10 Å². The Balaban J connectivity index is 1.57. The summed E-state index contributed by atoms with van der Waals surface area (Å²) in [5.74, 6) is 0.887. The molecule has 0 spiro atoms. The first kappa shape index (κ1) is 19.3. The van der Waals surface area contributed by atoms with Crippen molar-refractivity contribution in [2.75, 3.05) is 6.54 Å². The van der Waals surface area contributed by atoms with Crippen LogP contribution in [0.4, 0.5) is 0 Å². The lowest BCUT2D eigenvalue weighted by Gasteiger charge is -2.17. The third-order valence-corrected chi connectivity index (χ3v) is 4.15. The van der Waals surface area contributed by atoms with Gasteiger partial charge in [0.05, 0.1) is 6.54 Å². The number of amides is 1. The quantitative estimate of drug-likeness (QED) is 0.654. The van der Waals surface area contributed by atoms with Crippen LogP contribution in [0.3, 0.4) is 0 Å². The van der Waals surface area contributed by atoms with E-state index >= 15 is 0 Å². The van der Waals surface area contributed by atoms with Crippen LogP contribution in [0, 0.1) is 13.8 Å². The Kier molecular flexibility index (Phi) is 5.83. The second kappa shape index (κ2) is 8.47. The summed E-state index contributed by atoms with van der Waals surface area (Å²) in [5, 5.41) is 11.0. The van der Waals surface area contributed by atoms with Crippen molar-refractivity contribution in [1.29, 1.82) is 0 Å². The number of nitrogens with one attached hydrogen (secondary N) is 1. The minimum Gasteiger partial charge on any atom is -0.481 e. The van der Waals surface area contributed by atoms with E-state index in [9.17, 15) is 9.59 Å². The summed E-state index contributed by atoms with van der Waals surface area (Å²) in [6.45, 7) is 6.05. The van der Waals surface area contributed by atoms with Crippen LogP contribution in [-0.2, 0) is 11.3 Å². The second-order valence-corrected chi connectivity index (χ2v) is 6.41. The number of rotatable bonds is 7. The predicted octanol–water partition coefficient (Wildman–Crippen LogP) is 1.02. The van der Waals surface area contributed by atoms with Crippen molar-refractivity contribution in [3.8, 4) is 11.6 Å². The molecular formula is C19H22N6O3. The summed E-state index contributed by atoms with van der Waals surface area (Å²) >= 11 is 0. The molecule has 0 saturated heterocycles. The number of aromatic nitrogens is 5. The topological polar surface area (TPSA) is 104 Å². The van der Waals surface area contributed by atoms with Crippen LogP contribution in [0.1, 0.15) is 18.1 Å². The van der Waals surface area contributed by atoms with Crippen molar-refractivity contribution < 1.29 is 9.53 Å². The van der Waals surface area contributed by atoms with E-state index in [2.05, 4.69) is 20.5 Å². The van der Waals surface area contributed by atoms with Crippen molar-refractivity contribution in [3.05, 3.63) is 64.5 Å². The van der Waals surface area contributed by atoms with Gasteiger partial charge in [-0.25, -0.2) is 14.3 Å². The molecule has 2 heterocycles. The van der Waals surface area contributed by atoms with Crippen LogP contribution in [0.15, 0.2) is 47.8 Å². The molecule has 9 nitrogen and oxygen atoms in total. The highest BCUT2D eigenvalue weighted by molar-refractivity contribution is 5.80. The monoisotopic (exact) mass is 382 g/mol. The van der Waals surface area contributed by atoms with Gasteiger partial charge >= 0.3 is 0 Å². The van der Waals surface area contributed by atoms with E-state index in [4.69, 9.17) is 4.74 Å². The number of carbonyl (C=O) groups excluding carboxylic acids is 1. The van der Waals surface area contributed by atoms with Crippen LogP contribution in [0.5, 0.6) is 5.75 Å². The van der Waals surface area contributed by atoms with E-state index in [1.165, 1.54) is 28.1 Å². The number of carbonyl (C=O) groups is 1. The number of aryl methyl sites for hydroxylation is 2. The molecule has 28 heavy (non-hydrogen) atoms. The predicted molar refractivity (Wildman–Crippen MR) is 102 cm³/mol. The molecule has 0 bridgehead atoms. The fourth-order valence-electron chi connectivity index (χ4n) is 2.55. The lowest BCUT2D eigenvalue weighted by atomic mass is 10.1. The molecule has 1 unspecified atom stereocenters. The number of hydrogen-bond donors (Lipinski definition) is 1. The van der Waals surface area contributed by atoms with Gasteiger partial charge in [-0.2, -0.15) is 5.10 Å². The fraction of sp³-hybridized carbons (Fsp3) is 0.316. The first-order valence-corrected chi connectivity index (χ1v) is 8.89. The minimum absolute atomic E-state index is 0.225. The summed E-state index contributed by atoms with van der Waals surface area (Å²) in [4.78, 5) is 28.1. The normalized spacial score (nSPS) is 11.8. The molecule has 1 atom stereocenters. The number of ether oxygens (including phenoxy) is 1. The molecule has 3 aromatic rings. The van der Waals surface area contributed by atoms with Gasteiger partial charge in [0.15, 0.2) is 11.9 Å². The summed E-state index contributed by atoms with van der Waals surface area (Å²) in [7, 11) is 0. The van der Waals surface area contributed by atoms with Gasteiger partial charge in [-0.05, 0) is 44.0 Å². The Hall–Kier alpha value is -3.49. The summed E-state index contributed by atoms with van der Waals surface area (Å²) < 4.78 is 8.49. The van der Waals surface area contributed by atoms with Crippen molar-refractivity contribution in [2.45, 2.75) is 33.4 Å². The summed E-state index contributed by atoms with van der Waals surface area (Å²) in [6, 6.07) is 8.81. The van der Waals surface area contributed by atoms with Gasteiger partial charge < -0.3 is 10.1 Å². The van der Waals surface area contributed by atoms with Crippen LogP contribution < -0.4 is 15.6 Å². The van der Waals surface area contributed by atoms with Gasteiger partial charge in [0.25, 0.3) is 11.5 Å². The lowest BCUT2D eigenvalue weighted by Crippen LogP contribution is -2.39. The molecule has 0 fully saturated rings. The summed E-state index contributed by atoms with van der Waals surface area (Å²) in [6.07, 6.45) is 2.21. The van der Waals surface area contributed by atoms with Crippen molar-refractivity contribution in [3.63, 3.8) is 0 Å². The molecule has 2 aromatic heterocycles. The van der Waals surface area contributed by atoms with Gasteiger partial charge in [0, 0.05) is 12.6 Å². The molecule has 1 N–H and O–H groups in total. The molecule has 146 valence electrons. The lowest BCUT2D eigenvalue weighted by molar-refractivity contribution is -0.127. The average Bonchev–Trinajstić information content (AvgIpc) is 3.20. The van der Waals surface area contributed by atoms with Crippen LogP contribution in [0.25, 0.3) is 5.82 Å². The first-order chi connectivity index (χ1) is 13.4. The molecule has 0 saturated carbocycles. The Morgan fingerprint density at radius 2 is 2.07 bits per heavy atom. The van der Waals surface area contributed by atoms with E-state index in [-0.39, 0.29) is 24.6 Å². The van der Waals surface area contributed by atoms with Crippen molar-refractivity contribution in [2.24, 2.45) is 0 Å². The van der Waals surface area contributed by atoms with E-state index in [1.807, 2.05) is 32.0 Å². The SMILES string of the molecule is Cc1ccc(C)c(OC(C)C(=O)NCCn2nc(-n3cncn3)ccc2=O)c1. The molecule has 1 amide bonds. The Morgan fingerprint density at radius 1 is 1.25 bits per heavy atom. The zero-order valence-electron chi connectivity index (χ0n) is 16.0. The molecule has 0 radical (unpaired) electrons. The highest BCUT2D eigenvalue weighted by Crippen LogP contribution is 2.20. The van der Waals surface area contributed by atoms with Gasteiger partial charge in [-0.3, -0.25) is 9.59 Å². The zero-order chi connectivity index (χ0) is 20.1. The van der Waals surface area contributed by atoms with E-state index in [0.717, 1.165) is 11.1 Å². The maximum atomic E-state index is 12.3.